The molecule has 18 heavy (non-hydrogen) atoms. The van der Waals surface area contributed by atoms with Crippen LogP contribution < -0.4 is 5.73 Å². The smallest absolute Gasteiger partial charge is 0.311 e. The number of aliphatic carboxylic acids is 1. The third-order valence-electron chi connectivity index (χ3n) is 2.92. The highest BCUT2D eigenvalue weighted by molar-refractivity contribution is 5.76. The molecule has 1 unspecified atom stereocenters. The molecular formula is C15H15NO2. The molecule has 0 saturated heterocycles. The minimum atomic E-state index is -0.816. The van der Waals surface area contributed by atoms with E-state index in [4.69, 9.17) is 5.73 Å². The van der Waals surface area contributed by atoms with E-state index in [1.165, 1.54) is 0 Å². The zero-order valence-corrected chi connectivity index (χ0v) is 9.91. The minimum absolute atomic E-state index is 0.486. The maximum absolute atomic E-state index is 11.4. The molecule has 0 heterocycles. The van der Waals surface area contributed by atoms with E-state index >= 15 is 0 Å². The van der Waals surface area contributed by atoms with Crippen molar-refractivity contribution in [2.45, 2.75) is 12.3 Å². The van der Waals surface area contributed by atoms with Crippen LogP contribution in [0.3, 0.4) is 0 Å². The summed E-state index contributed by atoms with van der Waals surface area (Å²) in [6, 6.07) is 16.6. The molecule has 0 aliphatic carbocycles. The molecule has 0 aliphatic heterocycles. The van der Waals surface area contributed by atoms with Crippen molar-refractivity contribution in [2.75, 3.05) is 5.73 Å². The number of hydrogen-bond donors (Lipinski definition) is 2. The molecule has 3 N–H and O–H groups in total. The highest BCUT2D eigenvalue weighted by Gasteiger charge is 2.19. The van der Waals surface area contributed by atoms with Crippen molar-refractivity contribution in [3.05, 3.63) is 65.7 Å². The first-order valence-corrected chi connectivity index (χ1v) is 5.79. The molecule has 3 nitrogen and oxygen atoms in total. The Morgan fingerprint density at radius 3 is 2.22 bits per heavy atom. The van der Waals surface area contributed by atoms with Gasteiger partial charge in [-0.15, -0.1) is 0 Å². The average molecular weight is 241 g/mol. The maximum Gasteiger partial charge on any atom is 0.311 e. The van der Waals surface area contributed by atoms with Gasteiger partial charge in [0.1, 0.15) is 0 Å². The molecule has 2 aromatic rings. The van der Waals surface area contributed by atoms with Gasteiger partial charge in [0.25, 0.3) is 0 Å². The Morgan fingerprint density at radius 2 is 1.67 bits per heavy atom. The van der Waals surface area contributed by atoms with Crippen molar-refractivity contribution in [1.82, 2.24) is 0 Å². The summed E-state index contributed by atoms with van der Waals surface area (Å²) in [6.45, 7) is 0. The summed E-state index contributed by atoms with van der Waals surface area (Å²) < 4.78 is 0. The Kier molecular flexibility index (Phi) is 3.63. The lowest BCUT2D eigenvalue weighted by atomic mass is 9.92. The number of carboxylic acids is 1. The number of carboxylic acid groups (broad SMARTS) is 1. The molecule has 0 aliphatic rings. The molecule has 2 aromatic carbocycles. The lowest BCUT2D eigenvalue weighted by Crippen LogP contribution is -2.14. The van der Waals surface area contributed by atoms with Gasteiger partial charge >= 0.3 is 5.97 Å². The van der Waals surface area contributed by atoms with Gasteiger partial charge in [-0.2, -0.15) is 0 Å². The van der Waals surface area contributed by atoms with Gasteiger partial charge in [0.2, 0.25) is 0 Å². The third-order valence-corrected chi connectivity index (χ3v) is 2.92. The van der Waals surface area contributed by atoms with Crippen LogP contribution >= 0.6 is 0 Å². The van der Waals surface area contributed by atoms with Crippen LogP contribution in [0.15, 0.2) is 54.6 Å². The van der Waals surface area contributed by atoms with E-state index in [0.717, 1.165) is 11.1 Å². The number of nitrogens with two attached hydrogens (primary N) is 1. The predicted molar refractivity (Wildman–Crippen MR) is 71.4 cm³/mol. The van der Waals surface area contributed by atoms with Crippen LogP contribution in [0.4, 0.5) is 5.69 Å². The number of anilines is 1. The lowest BCUT2D eigenvalue weighted by molar-refractivity contribution is -0.138. The number of benzene rings is 2. The molecule has 92 valence electrons. The first-order valence-electron chi connectivity index (χ1n) is 5.79. The molecule has 0 saturated carbocycles. The van der Waals surface area contributed by atoms with Crippen LogP contribution in [0.5, 0.6) is 0 Å². The van der Waals surface area contributed by atoms with Gasteiger partial charge in [-0.05, 0) is 29.7 Å². The van der Waals surface area contributed by atoms with Crippen LogP contribution in [0.1, 0.15) is 17.0 Å². The maximum atomic E-state index is 11.4. The fourth-order valence-electron chi connectivity index (χ4n) is 1.93. The van der Waals surface area contributed by atoms with Crippen molar-refractivity contribution in [2.24, 2.45) is 0 Å². The fourth-order valence-corrected chi connectivity index (χ4v) is 1.93. The second kappa shape index (κ2) is 5.36. The summed E-state index contributed by atoms with van der Waals surface area (Å²) in [7, 11) is 0. The van der Waals surface area contributed by atoms with Crippen LogP contribution in [0, 0.1) is 0 Å². The quantitative estimate of drug-likeness (QED) is 0.809. The van der Waals surface area contributed by atoms with Crippen LogP contribution in [0.25, 0.3) is 0 Å². The molecule has 0 radical (unpaired) electrons. The highest BCUT2D eigenvalue weighted by Crippen LogP contribution is 2.22. The summed E-state index contributed by atoms with van der Waals surface area (Å²) >= 11 is 0. The van der Waals surface area contributed by atoms with Gasteiger partial charge in [0.05, 0.1) is 5.92 Å². The molecule has 0 spiro atoms. The van der Waals surface area contributed by atoms with Gasteiger partial charge in [-0.1, -0.05) is 42.5 Å². The predicted octanol–water partition coefficient (Wildman–Crippen LogP) is 2.68. The normalized spacial score (nSPS) is 12.0. The van der Waals surface area contributed by atoms with E-state index in [0.29, 0.717) is 12.1 Å². The Hall–Kier alpha value is -2.29. The second-order valence-corrected chi connectivity index (χ2v) is 4.25. The van der Waals surface area contributed by atoms with E-state index in [-0.39, 0.29) is 0 Å². The summed E-state index contributed by atoms with van der Waals surface area (Å²) in [5.74, 6) is -1.35. The third kappa shape index (κ3) is 2.88. The van der Waals surface area contributed by atoms with E-state index in [2.05, 4.69) is 0 Å². The lowest BCUT2D eigenvalue weighted by Gasteiger charge is -2.13. The summed E-state index contributed by atoms with van der Waals surface area (Å²) in [5, 5.41) is 9.33. The van der Waals surface area contributed by atoms with Crippen molar-refractivity contribution in [3.63, 3.8) is 0 Å². The second-order valence-electron chi connectivity index (χ2n) is 4.25. The molecule has 0 fully saturated rings. The average Bonchev–Trinajstić information content (AvgIpc) is 2.38. The van der Waals surface area contributed by atoms with Gasteiger partial charge in [0.15, 0.2) is 0 Å². The van der Waals surface area contributed by atoms with E-state index < -0.39 is 11.9 Å². The SMILES string of the molecule is Nc1ccc(C(Cc2ccccc2)C(=O)O)cc1. The molecule has 0 bridgehead atoms. The molecule has 0 amide bonds. The zero-order valence-electron chi connectivity index (χ0n) is 9.91. The largest absolute Gasteiger partial charge is 0.481 e. The van der Waals surface area contributed by atoms with Gasteiger partial charge < -0.3 is 10.8 Å². The minimum Gasteiger partial charge on any atom is -0.481 e. The summed E-state index contributed by atoms with van der Waals surface area (Å²) in [5.41, 5.74) is 8.04. The van der Waals surface area contributed by atoms with Gasteiger partial charge in [-0.3, -0.25) is 4.79 Å². The van der Waals surface area contributed by atoms with Gasteiger partial charge in [-0.25, -0.2) is 0 Å². The van der Waals surface area contributed by atoms with Crippen molar-refractivity contribution in [3.8, 4) is 0 Å². The highest BCUT2D eigenvalue weighted by atomic mass is 16.4. The number of carbonyl (C=O) groups is 1. The van der Waals surface area contributed by atoms with Crippen molar-refractivity contribution in [1.29, 1.82) is 0 Å². The molecular weight excluding hydrogens is 226 g/mol. The van der Waals surface area contributed by atoms with E-state index in [1.54, 1.807) is 24.3 Å². The summed E-state index contributed by atoms with van der Waals surface area (Å²) in [6.07, 6.45) is 0.486. The number of rotatable bonds is 4. The topological polar surface area (TPSA) is 63.3 Å². The van der Waals surface area contributed by atoms with Crippen LogP contribution in [-0.4, -0.2) is 11.1 Å². The fraction of sp³-hybridized carbons (Fsp3) is 0.133. The standard InChI is InChI=1S/C15H15NO2/c16-13-8-6-12(7-9-13)14(15(17)18)10-11-4-2-1-3-5-11/h1-9,14H,10,16H2,(H,17,18). The van der Waals surface area contributed by atoms with Gasteiger partial charge in [0, 0.05) is 5.69 Å². The van der Waals surface area contributed by atoms with Crippen molar-refractivity contribution >= 4 is 11.7 Å². The monoisotopic (exact) mass is 241 g/mol. The number of nitrogen functional groups attached to an aromatic ring is 1. The Balaban J connectivity index is 2.24. The first kappa shape index (κ1) is 12.2. The van der Waals surface area contributed by atoms with E-state index in [1.807, 2.05) is 30.3 Å². The van der Waals surface area contributed by atoms with Crippen LogP contribution in [0.2, 0.25) is 0 Å². The van der Waals surface area contributed by atoms with E-state index in [9.17, 15) is 9.90 Å². The Bertz CT molecular complexity index is 520. The Morgan fingerprint density at radius 1 is 1.06 bits per heavy atom. The Labute approximate surface area is 106 Å². The number of hydrogen-bond acceptors (Lipinski definition) is 2. The van der Waals surface area contributed by atoms with Crippen LogP contribution in [-0.2, 0) is 11.2 Å². The summed E-state index contributed by atoms with van der Waals surface area (Å²) in [4.78, 5) is 11.4. The molecule has 1 atom stereocenters. The zero-order chi connectivity index (χ0) is 13.0. The molecule has 3 heteroatoms. The van der Waals surface area contributed by atoms with Crippen molar-refractivity contribution < 1.29 is 9.90 Å². The molecule has 2 rings (SSSR count). The molecule has 0 aromatic heterocycles. The first-order chi connectivity index (χ1) is 8.66.